The summed E-state index contributed by atoms with van der Waals surface area (Å²) in [7, 11) is 0. The van der Waals surface area contributed by atoms with E-state index in [4.69, 9.17) is 5.73 Å². The van der Waals surface area contributed by atoms with Gasteiger partial charge in [-0.05, 0) is 19.8 Å². The smallest absolute Gasteiger partial charge is 0.330 e. The van der Waals surface area contributed by atoms with Crippen LogP contribution < -0.4 is 5.73 Å². The molecule has 1 atom stereocenters. The van der Waals surface area contributed by atoms with Crippen molar-refractivity contribution < 1.29 is 9.53 Å². The zero-order chi connectivity index (χ0) is 11.4. The van der Waals surface area contributed by atoms with Gasteiger partial charge >= 0.3 is 5.97 Å². The quantitative estimate of drug-likeness (QED) is 0.548. The van der Waals surface area contributed by atoms with Crippen molar-refractivity contribution in [3.8, 4) is 0 Å². The molecule has 3 nitrogen and oxygen atoms in total. The van der Waals surface area contributed by atoms with Crippen LogP contribution in [0.15, 0.2) is 12.7 Å². The Balaban J connectivity index is 0. The van der Waals surface area contributed by atoms with Crippen LogP contribution in [-0.4, -0.2) is 18.6 Å². The number of hydrogen-bond acceptors (Lipinski definition) is 3. The van der Waals surface area contributed by atoms with E-state index in [9.17, 15) is 4.79 Å². The van der Waals surface area contributed by atoms with Gasteiger partial charge in [-0.25, -0.2) is 4.79 Å². The van der Waals surface area contributed by atoms with Crippen LogP contribution in [0.1, 0.15) is 40.0 Å². The number of ether oxygens (including phenoxy) is 1. The average molecular weight is 201 g/mol. The van der Waals surface area contributed by atoms with Crippen LogP contribution in [0.3, 0.4) is 0 Å². The fourth-order valence-corrected chi connectivity index (χ4v) is 0.776. The highest BCUT2D eigenvalue weighted by Crippen LogP contribution is 1.95. The highest BCUT2D eigenvalue weighted by atomic mass is 16.5. The molecule has 0 aliphatic rings. The Morgan fingerprint density at radius 1 is 1.50 bits per heavy atom. The SMILES string of the molecule is C=CC(=O)OCC.CCCC(N)CC. The lowest BCUT2D eigenvalue weighted by atomic mass is 10.1. The molecule has 0 aliphatic heterocycles. The van der Waals surface area contributed by atoms with Crippen LogP contribution in [0.4, 0.5) is 0 Å². The number of carbonyl (C=O) groups is 1. The Bertz CT molecular complexity index is 146. The van der Waals surface area contributed by atoms with Gasteiger partial charge < -0.3 is 10.5 Å². The van der Waals surface area contributed by atoms with Gasteiger partial charge in [0.1, 0.15) is 0 Å². The summed E-state index contributed by atoms with van der Waals surface area (Å²) in [5.74, 6) is -0.359. The van der Waals surface area contributed by atoms with Gasteiger partial charge in [-0.15, -0.1) is 0 Å². The van der Waals surface area contributed by atoms with E-state index >= 15 is 0 Å². The minimum atomic E-state index is -0.359. The van der Waals surface area contributed by atoms with E-state index in [1.807, 2.05) is 0 Å². The van der Waals surface area contributed by atoms with E-state index in [1.54, 1.807) is 6.92 Å². The van der Waals surface area contributed by atoms with Crippen LogP contribution in [0.25, 0.3) is 0 Å². The Labute approximate surface area is 87.3 Å². The fourth-order valence-electron chi connectivity index (χ4n) is 0.776. The average Bonchev–Trinajstić information content (AvgIpc) is 2.19. The Hall–Kier alpha value is -0.830. The van der Waals surface area contributed by atoms with Crippen molar-refractivity contribution in [2.75, 3.05) is 6.61 Å². The Morgan fingerprint density at radius 3 is 2.21 bits per heavy atom. The molecule has 0 aromatic heterocycles. The van der Waals surface area contributed by atoms with Gasteiger partial charge in [0.25, 0.3) is 0 Å². The van der Waals surface area contributed by atoms with Crippen LogP contribution in [0, 0.1) is 0 Å². The van der Waals surface area contributed by atoms with E-state index in [-0.39, 0.29) is 5.97 Å². The summed E-state index contributed by atoms with van der Waals surface area (Å²) in [6, 6.07) is 0.449. The summed E-state index contributed by atoms with van der Waals surface area (Å²) in [5, 5.41) is 0. The van der Waals surface area contributed by atoms with Crippen molar-refractivity contribution in [2.24, 2.45) is 5.73 Å². The molecule has 0 fully saturated rings. The summed E-state index contributed by atoms with van der Waals surface area (Å²) in [4.78, 5) is 10.1. The van der Waals surface area contributed by atoms with Gasteiger partial charge in [-0.2, -0.15) is 0 Å². The second-order valence-corrected chi connectivity index (χ2v) is 2.91. The molecule has 0 amide bonds. The number of rotatable bonds is 5. The van der Waals surface area contributed by atoms with Crippen molar-refractivity contribution in [3.63, 3.8) is 0 Å². The minimum absolute atomic E-state index is 0.359. The maximum atomic E-state index is 10.1. The van der Waals surface area contributed by atoms with Crippen LogP contribution in [-0.2, 0) is 9.53 Å². The van der Waals surface area contributed by atoms with E-state index in [1.165, 1.54) is 12.8 Å². The highest BCUT2D eigenvalue weighted by Gasteiger charge is 1.92. The molecule has 2 N–H and O–H groups in total. The number of nitrogens with two attached hydrogens (primary N) is 1. The van der Waals surface area contributed by atoms with Crippen molar-refractivity contribution in [1.29, 1.82) is 0 Å². The number of hydrogen-bond donors (Lipinski definition) is 1. The Morgan fingerprint density at radius 2 is 2.07 bits per heavy atom. The summed E-state index contributed by atoms with van der Waals surface area (Å²) >= 11 is 0. The van der Waals surface area contributed by atoms with Crippen LogP contribution >= 0.6 is 0 Å². The summed E-state index contributed by atoms with van der Waals surface area (Å²) in [6.07, 6.45) is 4.66. The summed E-state index contributed by atoms with van der Waals surface area (Å²) < 4.78 is 4.43. The molecular weight excluding hydrogens is 178 g/mol. The summed E-state index contributed by atoms with van der Waals surface area (Å²) in [6.45, 7) is 9.67. The topological polar surface area (TPSA) is 52.3 Å². The normalized spacial score (nSPS) is 10.9. The lowest BCUT2D eigenvalue weighted by Gasteiger charge is -2.03. The molecule has 0 rings (SSSR count). The highest BCUT2D eigenvalue weighted by molar-refractivity contribution is 5.81. The molecule has 14 heavy (non-hydrogen) atoms. The van der Waals surface area contributed by atoms with Gasteiger partial charge in [0, 0.05) is 12.1 Å². The molecule has 0 saturated heterocycles. The Kier molecular flexibility index (Phi) is 13.6. The van der Waals surface area contributed by atoms with E-state index in [2.05, 4.69) is 25.2 Å². The molecule has 0 aliphatic carbocycles. The first-order valence-electron chi connectivity index (χ1n) is 5.16. The third-order valence-corrected chi connectivity index (χ3v) is 1.64. The third-order valence-electron chi connectivity index (χ3n) is 1.64. The lowest BCUT2D eigenvalue weighted by molar-refractivity contribution is -0.137. The lowest BCUT2D eigenvalue weighted by Crippen LogP contribution is -2.17. The van der Waals surface area contributed by atoms with Crippen molar-refractivity contribution >= 4 is 5.97 Å². The zero-order valence-electron chi connectivity index (χ0n) is 9.58. The molecule has 0 saturated carbocycles. The number of carbonyl (C=O) groups excluding carboxylic acids is 1. The second-order valence-electron chi connectivity index (χ2n) is 2.91. The van der Waals surface area contributed by atoms with Crippen LogP contribution in [0.5, 0.6) is 0 Å². The maximum Gasteiger partial charge on any atom is 0.330 e. The monoisotopic (exact) mass is 201 g/mol. The summed E-state index contributed by atoms with van der Waals surface area (Å²) in [5.41, 5.74) is 5.58. The van der Waals surface area contributed by atoms with Crippen molar-refractivity contribution in [2.45, 2.75) is 46.1 Å². The standard InChI is InChI=1S/C6H15N.C5H8O2/c1-3-5-6(7)4-2;1-3-5(6)7-4-2/h6H,3-5,7H2,1-2H3;3H,1,4H2,2H3. The molecule has 1 unspecified atom stereocenters. The fraction of sp³-hybridized carbons (Fsp3) is 0.727. The molecule has 3 heteroatoms. The molecule has 0 bridgehead atoms. The first-order chi connectivity index (χ1) is 6.62. The van der Waals surface area contributed by atoms with E-state index in [0.717, 1.165) is 12.5 Å². The molecule has 0 aromatic rings. The first-order valence-corrected chi connectivity index (χ1v) is 5.16. The van der Waals surface area contributed by atoms with E-state index in [0.29, 0.717) is 12.6 Å². The first kappa shape index (κ1) is 15.6. The molecule has 0 heterocycles. The maximum absolute atomic E-state index is 10.1. The van der Waals surface area contributed by atoms with Gasteiger partial charge in [0.2, 0.25) is 0 Å². The van der Waals surface area contributed by atoms with E-state index < -0.39 is 0 Å². The number of esters is 1. The van der Waals surface area contributed by atoms with Crippen molar-refractivity contribution in [3.05, 3.63) is 12.7 Å². The molecule has 0 spiro atoms. The minimum Gasteiger partial charge on any atom is -0.463 e. The predicted molar refractivity (Wildman–Crippen MR) is 60.0 cm³/mol. The van der Waals surface area contributed by atoms with Gasteiger partial charge in [0.05, 0.1) is 6.61 Å². The molecule has 0 aromatic carbocycles. The molecule has 0 radical (unpaired) electrons. The molecular formula is C11H23NO2. The zero-order valence-corrected chi connectivity index (χ0v) is 9.58. The largest absolute Gasteiger partial charge is 0.463 e. The second kappa shape index (κ2) is 12.2. The van der Waals surface area contributed by atoms with Gasteiger partial charge in [-0.1, -0.05) is 26.8 Å². The van der Waals surface area contributed by atoms with Gasteiger partial charge in [-0.3, -0.25) is 0 Å². The predicted octanol–water partition coefficient (Wildman–Crippen LogP) is 2.26. The van der Waals surface area contributed by atoms with Crippen LogP contribution in [0.2, 0.25) is 0 Å². The van der Waals surface area contributed by atoms with Crippen molar-refractivity contribution in [1.82, 2.24) is 0 Å². The van der Waals surface area contributed by atoms with Gasteiger partial charge in [0.15, 0.2) is 0 Å². The molecule has 84 valence electrons. The third kappa shape index (κ3) is 13.7.